The Labute approximate surface area is 223 Å². The van der Waals surface area contributed by atoms with Crippen LogP contribution >= 0.6 is 23.2 Å². The van der Waals surface area contributed by atoms with Crippen molar-refractivity contribution < 1.29 is 33.0 Å². The number of aromatic nitrogens is 2. The molecule has 1 atom stereocenters. The molecular formula is C25H30Cl2F3N3O4. The number of amides is 1. The van der Waals surface area contributed by atoms with Gasteiger partial charge in [0.15, 0.2) is 5.69 Å². The van der Waals surface area contributed by atoms with Gasteiger partial charge in [0.25, 0.3) is 5.91 Å². The number of carbonyl (C=O) groups is 2. The van der Waals surface area contributed by atoms with E-state index in [4.69, 9.17) is 23.2 Å². The highest BCUT2D eigenvalue weighted by molar-refractivity contribution is 6.36. The van der Waals surface area contributed by atoms with Gasteiger partial charge in [-0.15, -0.1) is 0 Å². The van der Waals surface area contributed by atoms with E-state index in [0.717, 1.165) is 15.8 Å². The normalized spacial score (nSPS) is 19.5. The predicted molar refractivity (Wildman–Crippen MR) is 133 cm³/mol. The maximum atomic E-state index is 14.3. The van der Waals surface area contributed by atoms with E-state index in [1.54, 1.807) is 6.07 Å². The number of carboxylic acid groups (broad SMARTS) is 1. The number of hydrogen-bond donors (Lipinski definition) is 2. The molecule has 0 aliphatic heterocycles. The molecular weight excluding hydrogens is 534 g/mol. The van der Waals surface area contributed by atoms with Gasteiger partial charge in [-0.3, -0.25) is 14.3 Å². The van der Waals surface area contributed by atoms with Gasteiger partial charge in [0, 0.05) is 22.2 Å². The fourth-order valence-corrected chi connectivity index (χ4v) is 5.39. The van der Waals surface area contributed by atoms with Crippen LogP contribution in [0.25, 0.3) is 0 Å². The summed E-state index contributed by atoms with van der Waals surface area (Å²) in [5.41, 5.74) is -2.14. The minimum absolute atomic E-state index is 0.0389. The van der Waals surface area contributed by atoms with E-state index in [1.165, 1.54) is 12.1 Å². The number of rotatable bonds is 7. The maximum Gasteiger partial charge on any atom is 0.433 e. The van der Waals surface area contributed by atoms with Crippen LogP contribution in [-0.4, -0.2) is 49.9 Å². The zero-order valence-electron chi connectivity index (χ0n) is 20.7. The van der Waals surface area contributed by atoms with Crippen molar-refractivity contribution in [3.05, 3.63) is 51.3 Å². The van der Waals surface area contributed by atoms with Crippen LogP contribution in [0.4, 0.5) is 13.2 Å². The Morgan fingerprint density at radius 1 is 1.14 bits per heavy atom. The molecule has 2 N–H and O–H groups in total. The van der Waals surface area contributed by atoms with Crippen molar-refractivity contribution in [2.24, 2.45) is 11.3 Å². The smallest absolute Gasteiger partial charge is 0.433 e. The van der Waals surface area contributed by atoms with E-state index in [2.05, 4.69) is 5.10 Å². The van der Waals surface area contributed by atoms with Crippen molar-refractivity contribution >= 4 is 35.1 Å². The summed E-state index contributed by atoms with van der Waals surface area (Å²) in [4.78, 5) is 26.0. The van der Waals surface area contributed by atoms with Crippen molar-refractivity contribution in [3.63, 3.8) is 0 Å². The quantitative estimate of drug-likeness (QED) is 0.415. The Hall–Kier alpha value is -2.30. The van der Waals surface area contributed by atoms with Crippen molar-refractivity contribution in [1.29, 1.82) is 0 Å². The molecule has 1 heterocycles. The van der Waals surface area contributed by atoms with Crippen LogP contribution < -0.4 is 0 Å². The second kappa shape index (κ2) is 11.2. The molecule has 1 saturated carbocycles. The molecule has 12 heteroatoms. The molecule has 1 aliphatic rings. The van der Waals surface area contributed by atoms with E-state index in [9.17, 15) is 33.0 Å². The Kier molecular flexibility index (Phi) is 8.86. The van der Waals surface area contributed by atoms with Gasteiger partial charge < -0.3 is 15.1 Å². The molecule has 0 radical (unpaired) electrons. The number of carbonyl (C=O) groups excluding carboxylic acids is 1. The highest BCUT2D eigenvalue weighted by Crippen LogP contribution is 2.39. The fourth-order valence-electron chi connectivity index (χ4n) is 4.74. The third-order valence-electron chi connectivity index (χ3n) is 6.36. The number of hydrogen-bond acceptors (Lipinski definition) is 4. The third-order valence-corrected chi connectivity index (χ3v) is 7.02. The van der Waals surface area contributed by atoms with Crippen molar-refractivity contribution in [3.8, 4) is 0 Å². The number of aliphatic hydroxyl groups excluding tert-OH is 1. The largest absolute Gasteiger partial charge is 0.481 e. The summed E-state index contributed by atoms with van der Waals surface area (Å²) < 4.78 is 43.7. The molecule has 0 bridgehead atoms. The van der Waals surface area contributed by atoms with Gasteiger partial charge in [-0.25, -0.2) is 0 Å². The first-order valence-electron chi connectivity index (χ1n) is 11.9. The lowest BCUT2D eigenvalue weighted by atomic mass is 9.86. The fraction of sp³-hybridized carbons (Fsp3) is 0.560. The summed E-state index contributed by atoms with van der Waals surface area (Å²) in [5.74, 6) is -2.52. The van der Waals surface area contributed by atoms with E-state index >= 15 is 0 Å². The monoisotopic (exact) mass is 563 g/mol. The van der Waals surface area contributed by atoms with Gasteiger partial charge in [0.1, 0.15) is 0 Å². The standard InChI is InChI=1S/C25H30Cl2F3N3O4/c1-24(2,3)13-32(12-19(34)20-17(26)5-4-6-18(20)27)22(35)16-11-31-33(21(16)25(28,29)30)15-9-7-14(8-10-15)23(36)37/h4-6,11,14-15,19,34H,7-10,12-13H2,1-3H3,(H,36,37). The summed E-state index contributed by atoms with van der Waals surface area (Å²) in [5, 5.41) is 24.4. The average molecular weight is 564 g/mol. The molecule has 1 amide bonds. The molecule has 0 spiro atoms. The molecule has 7 nitrogen and oxygen atoms in total. The molecule has 37 heavy (non-hydrogen) atoms. The van der Waals surface area contributed by atoms with Crippen LogP contribution in [0.3, 0.4) is 0 Å². The van der Waals surface area contributed by atoms with Crippen LogP contribution in [0.5, 0.6) is 0 Å². The molecule has 1 aliphatic carbocycles. The van der Waals surface area contributed by atoms with Crippen LogP contribution in [0.1, 0.15) is 80.2 Å². The highest BCUT2D eigenvalue weighted by Gasteiger charge is 2.43. The SMILES string of the molecule is CC(C)(C)CN(CC(O)c1c(Cl)cccc1Cl)C(=O)c1cnn(C2CCC(C(=O)O)CC2)c1C(F)(F)F. The molecule has 0 saturated heterocycles. The lowest BCUT2D eigenvalue weighted by Gasteiger charge is -2.32. The van der Waals surface area contributed by atoms with Gasteiger partial charge in [-0.1, -0.05) is 50.0 Å². The summed E-state index contributed by atoms with van der Waals surface area (Å²) in [6, 6.07) is 3.95. The number of carboxylic acids is 1. The van der Waals surface area contributed by atoms with Gasteiger partial charge in [-0.2, -0.15) is 18.3 Å². The second-order valence-electron chi connectivity index (χ2n) is 10.6. The molecule has 1 aromatic carbocycles. The summed E-state index contributed by atoms with van der Waals surface area (Å²) in [6.07, 6.45) is -4.48. The Morgan fingerprint density at radius 2 is 1.70 bits per heavy atom. The summed E-state index contributed by atoms with van der Waals surface area (Å²) >= 11 is 12.4. The maximum absolute atomic E-state index is 14.3. The summed E-state index contributed by atoms with van der Waals surface area (Å²) in [6.45, 7) is 5.15. The third kappa shape index (κ3) is 6.97. The number of nitrogens with zero attached hydrogens (tertiary/aromatic N) is 3. The number of halogens is 5. The van der Waals surface area contributed by atoms with E-state index in [1.807, 2.05) is 20.8 Å². The topological polar surface area (TPSA) is 95.7 Å². The van der Waals surface area contributed by atoms with E-state index in [0.29, 0.717) is 0 Å². The van der Waals surface area contributed by atoms with E-state index in [-0.39, 0.29) is 54.4 Å². The van der Waals surface area contributed by atoms with E-state index < -0.39 is 52.8 Å². The Morgan fingerprint density at radius 3 is 2.19 bits per heavy atom. The van der Waals surface area contributed by atoms with Crippen LogP contribution in [0.15, 0.2) is 24.4 Å². The first-order chi connectivity index (χ1) is 17.1. The molecule has 2 aromatic rings. The number of aliphatic carboxylic acids is 1. The number of aliphatic hydroxyl groups is 1. The van der Waals surface area contributed by atoms with Crippen molar-refractivity contribution in [1.82, 2.24) is 14.7 Å². The van der Waals surface area contributed by atoms with Crippen LogP contribution in [0, 0.1) is 11.3 Å². The number of alkyl halides is 3. The highest BCUT2D eigenvalue weighted by atomic mass is 35.5. The van der Waals surface area contributed by atoms with Crippen molar-refractivity contribution in [2.45, 2.75) is 64.8 Å². The van der Waals surface area contributed by atoms with Gasteiger partial charge in [0.05, 0.1) is 36.4 Å². The zero-order valence-corrected chi connectivity index (χ0v) is 22.2. The lowest BCUT2D eigenvalue weighted by Crippen LogP contribution is -2.41. The molecule has 3 rings (SSSR count). The van der Waals surface area contributed by atoms with Crippen LogP contribution in [-0.2, 0) is 11.0 Å². The minimum atomic E-state index is -4.89. The average Bonchev–Trinajstić information content (AvgIpc) is 3.23. The minimum Gasteiger partial charge on any atom is -0.481 e. The lowest BCUT2D eigenvalue weighted by molar-refractivity contribution is -0.147. The van der Waals surface area contributed by atoms with Crippen molar-refractivity contribution in [2.75, 3.05) is 13.1 Å². The Bertz CT molecular complexity index is 1120. The van der Waals surface area contributed by atoms with Gasteiger partial charge in [-0.05, 0) is 43.2 Å². The molecule has 1 aromatic heterocycles. The Balaban J connectivity index is 1.96. The molecule has 1 fully saturated rings. The number of benzene rings is 1. The van der Waals surface area contributed by atoms with Crippen LogP contribution in [0.2, 0.25) is 10.0 Å². The first-order valence-corrected chi connectivity index (χ1v) is 12.6. The van der Waals surface area contributed by atoms with Gasteiger partial charge in [0.2, 0.25) is 0 Å². The zero-order chi connectivity index (χ0) is 27.7. The summed E-state index contributed by atoms with van der Waals surface area (Å²) in [7, 11) is 0. The predicted octanol–water partition coefficient (Wildman–Crippen LogP) is 6.25. The molecule has 1 unspecified atom stereocenters. The van der Waals surface area contributed by atoms with Gasteiger partial charge >= 0.3 is 12.1 Å². The molecule has 204 valence electrons. The first kappa shape index (κ1) is 29.3. The second-order valence-corrected chi connectivity index (χ2v) is 11.4.